The van der Waals surface area contributed by atoms with Crippen LogP contribution in [0.2, 0.25) is 0 Å². The Hall–Kier alpha value is -8.52. The summed E-state index contributed by atoms with van der Waals surface area (Å²) in [6.45, 7) is 4.73. The third-order valence-electron chi connectivity index (χ3n) is 14.0. The molecule has 0 saturated heterocycles. The van der Waals surface area contributed by atoms with Gasteiger partial charge < -0.3 is 4.90 Å². The molecule has 0 unspecified atom stereocenters. The first kappa shape index (κ1) is 40.9. The minimum Gasteiger partial charge on any atom is -0.310 e. The van der Waals surface area contributed by atoms with Gasteiger partial charge in [-0.25, -0.2) is 0 Å². The lowest BCUT2D eigenvalue weighted by molar-refractivity contribution is 0.662. The molecule has 0 heterocycles. The van der Waals surface area contributed by atoms with Gasteiger partial charge >= 0.3 is 0 Å². The number of hydrogen-bond donors (Lipinski definition) is 0. The molecule has 0 aromatic heterocycles. The van der Waals surface area contributed by atoms with Gasteiger partial charge in [0.05, 0.1) is 0 Å². The van der Waals surface area contributed by atoms with Crippen LogP contribution in [-0.4, -0.2) is 0 Å². The number of benzene rings is 11. The summed E-state index contributed by atoms with van der Waals surface area (Å²) in [6.07, 6.45) is 0. The van der Waals surface area contributed by atoms with Crippen LogP contribution < -0.4 is 4.90 Å². The van der Waals surface area contributed by atoms with E-state index >= 15 is 0 Å². The molecule has 0 spiro atoms. The normalized spacial score (nSPS) is 12.4. The summed E-state index contributed by atoms with van der Waals surface area (Å²) in [5.41, 5.74) is 23.1. The van der Waals surface area contributed by atoms with Gasteiger partial charge in [-0.15, -0.1) is 0 Å². The second-order valence-corrected chi connectivity index (χ2v) is 18.5. The first-order valence-corrected chi connectivity index (χ1v) is 23.7. The molecule has 11 aromatic carbocycles. The zero-order chi connectivity index (χ0) is 45.6. The highest BCUT2D eigenvalue weighted by Crippen LogP contribution is 2.52. The van der Waals surface area contributed by atoms with Crippen molar-refractivity contribution in [3.8, 4) is 77.9 Å². The summed E-state index contributed by atoms with van der Waals surface area (Å²) in [7, 11) is 0. The quantitative estimate of drug-likeness (QED) is 0.140. The van der Waals surface area contributed by atoms with E-state index in [0.717, 1.165) is 22.6 Å². The van der Waals surface area contributed by atoms with Crippen LogP contribution in [0.3, 0.4) is 0 Å². The molecule has 0 radical (unpaired) electrons. The van der Waals surface area contributed by atoms with E-state index in [1.165, 1.54) is 94.2 Å². The number of nitrogens with zero attached hydrogens (tertiary/aromatic N) is 1. The van der Waals surface area contributed by atoms with Gasteiger partial charge in [-0.05, 0) is 160 Å². The van der Waals surface area contributed by atoms with Crippen molar-refractivity contribution < 1.29 is 0 Å². The molecule has 322 valence electrons. The van der Waals surface area contributed by atoms with Crippen LogP contribution in [0.15, 0.2) is 261 Å². The van der Waals surface area contributed by atoms with Gasteiger partial charge in [0.25, 0.3) is 0 Å². The van der Waals surface area contributed by atoms with Gasteiger partial charge in [0.1, 0.15) is 0 Å². The molecule has 12 rings (SSSR count). The molecule has 68 heavy (non-hydrogen) atoms. The Labute approximate surface area is 399 Å². The van der Waals surface area contributed by atoms with Crippen molar-refractivity contribution in [2.45, 2.75) is 19.3 Å². The van der Waals surface area contributed by atoms with Crippen LogP contribution in [0, 0.1) is 0 Å². The lowest BCUT2D eigenvalue weighted by Gasteiger charge is -2.27. The van der Waals surface area contributed by atoms with Crippen LogP contribution in [0.25, 0.3) is 88.7 Å². The smallest absolute Gasteiger partial charge is 0.0467 e. The summed E-state index contributed by atoms with van der Waals surface area (Å²) >= 11 is 0. The first-order chi connectivity index (χ1) is 33.5. The summed E-state index contributed by atoms with van der Waals surface area (Å²) in [6, 6.07) is 95.6. The van der Waals surface area contributed by atoms with E-state index in [-0.39, 0.29) is 5.41 Å². The van der Waals surface area contributed by atoms with Gasteiger partial charge in [-0.2, -0.15) is 0 Å². The largest absolute Gasteiger partial charge is 0.310 e. The second-order valence-electron chi connectivity index (χ2n) is 18.5. The molecule has 1 aliphatic rings. The number of hydrogen-bond acceptors (Lipinski definition) is 1. The summed E-state index contributed by atoms with van der Waals surface area (Å²) in [5.74, 6) is 0. The maximum Gasteiger partial charge on any atom is 0.0467 e. The Morgan fingerprint density at radius 3 is 1.40 bits per heavy atom. The first-order valence-electron chi connectivity index (χ1n) is 23.7. The van der Waals surface area contributed by atoms with Gasteiger partial charge in [0.15, 0.2) is 0 Å². The molecule has 0 saturated carbocycles. The lowest BCUT2D eigenvalue weighted by atomic mass is 9.79. The van der Waals surface area contributed by atoms with Gasteiger partial charge in [-0.1, -0.05) is 214 Å². The van der Waals surface area contributed by atoms with Crippen LogP contribution in [0.4, 0.5) is 17.1 Å². The molecule has 1 aliphatic carbocycles. The molecule has 11 aromatic rings. The van der Waals surface area contributed by atoms with Gasteiger partial charge in [-0.3, -0.25) is 0 Å². The predicted molar refractivity (Wildman–Crippen MR) is 289 cm³/mol. The molecule has 0 fully saturated rings. The third kappa shape index (κ3) is 7.39. The minimum absolute atomic E-state index is 0.108. The standard InChI is InChI=1S/C67H49N/c1-67(2)65-32-12-11-28-63(65)64-31-16-30-62(66(64)67)50-35-39-58(40-36-50)68(59-26-14-24-52(45-59)51-23-13-25-53(41-51)61-29-15-22-49-21-9-10-27-60(49)61)57-37-33-48(34-38-57)56-43-54(46-17-5-3-6-18-46)42-55(44-56)47-19-7-4-8-20-47/h3-45H,1-2H3. The molecule has 1 heteroatoms. The Bertz CT molecular complexity index is 3560. The predicted octanol–water partition coefficient (Wildman–Crippen LogP) is 18.6. The Morgan fingerprint density at radius 1 is 0.265 bits per heavy atom. The Kier molecular flexibility index (Phi) is 10.3. The molecular formula is C67H49N. The molecule has 0 amide bonds. The van der Waals surface area contributed by atoms with Crippen molar-refractivity contribution >= 4 is 27.8 Å². The van der Waals surface area contributed by atoms with Gasteiger partial charge in [0.2, 0.25) is 0 Å². The number of fused-ring (bicyclic) bond motifs is 4. The molecular weight excluding hydrogens is 819 g/mol. The molecule has 0 atom stereocenters. The Balaban J connectivity index is 0.957. The fourth-order valence-electron chi connectivity index (χ4n) is 10.7. The van der Waals surface area contributed by atoms with Crippen LogP contribution in [0.5, 0.6) is 0 Å². The maximum absolute atomic E-state index is 2.40. The fraction of sp³-hybridized carbons (Fsp3) is 0.0448. The topological polar surface area (TPSA) is 3.24 Å². The molecule has 0 aliphatic heterocycles. The van der Waals surface area contributed by atoms with Crippen molar-refractivity contribution in [1.29, 1.82) is 0 Å². The highest BCUT2D eigenvalue weighted by Gasteiger charge is 2.37. The van der Waals surface area contributed by atoms with Crippen molar-refractivity contribution in [3.63, 3.8) is 0 Å². The summed E-state index contributed by atoms with van der Waals surface area (Å²) in [5, 5.41) is 2.51. The van der Waals surface area contributed by atoms with E-state index in [1.54, 1.807) is 0 Å². The van der Waals surface area contributed by atoms with Crippen molar-refractivity contribution in [2.24, 2.45) is 0 Å². The monoisotopic (exact) mass is 867 g/mol. The van der Waals surface area contributed by atoms with Gasteiger partial charge in [0, 0.05) is 22.5 Å². The summed E-state index contributed by atoms with van der Waals surface area (Å²) < 4.78 is 0. The van der Waals surface area contributed by atoms with Crippen molar-refractivity contribution in [2.75, 3.05) is 4.90 Å². The van der Waals surface area contributed by atoms with E-state index in [0.29, 0.717) is 0 Å². The van der Waals surface area contributed by atoms with E-state index in [4.69, 9.17) is 0 Å². The lowest BCUT2D eigenvalue weighted by Crippen LogP contribution is -2.16. The highest BCUT2D eigenvalue weighted by atomic mass is 15.1. The SMILES string of the molecule is CC1(C)c2ccccc2-c2cccc(-c3ccc(N(c4ccc(-c5cc(-c6ccccc6)cc(-c6ccccc6)c5)cc4)c4cccc(-c5cccc(-c6cccc7ccccc67)c5)c4)cc3)c21. The van der Waals surface area contributed by atoms with Crippen molar-refractivity contribution in [1.82, 2.24) is 0 Å². The third-order valence-corrected chi connectivity index (χ3v) is 14.0. The zero-order valence-electron chi connectivity index (χ0n) is 38.3. The summed E-state index contributed by atoms with van der Waals surface area (Å²) in [4.78, 5) is 2.40. The highest BCUT2D eigenvalue weighted by molar-refractivity contribution is 5.97. The van der Waals surface area contributed by atoms with E-state index < -0.39 is 0 Å². The van der Waals surface area contributed by atoms with Crippen LogP contribution in [-0.2, 0) is 5.41 Å². The maximum atomic E-state index is 2.40. The Morgan fingerprint density at radius 2 is 0.706 bits per heavy atom. The van der Waals surface area contributed by atoms with Crippen LogP contribution in [0.1, 0.15) is 25.0 Å². The van der Waals surface area contributed by atoms with E-state index in [2.05, 4.69) is 280 Å². The van der Waals surface area contributed by atoms with Crippen LogP contribution >= 0.6 is 0 Å². The number of anilines is 3. The minimum atomic E-state index is -0.108. The average Bonchev–Trinajstić information content (AvgIpc) is 3.65. The van der Waals surface area contributed by atoms with Crippen molar-refractivity contribution in [3.05, 3.63) is 272 Å². The van der Waals surface area contributed by atoms with E-state index in [1.807, 2.05) is 0 Å². The zero-order valence-corrected chi connectivity index (χ0v) is 38.3. The second kappa shape index (κ2) is 17.0. The average molecular weight is 868 g/mol. The number of rotatable bonds is 9. The van der Waals surface area contributed by atoms with E-state index in [9.17, 15) is 0 Å². The molecule has 0 bridgehead atoms. The molecule has 1 nitrogen and oxygen atoms in total. The molecule has 0 N–H and O–H groups in total. The fourth-order valence-corrected chi connectivity index (χ4v) is 10.7.